The van der Waals surface area contributed by atoms with Crippen LogP contribution in [0.25, 0.3) is 0 Å². The van der Waals surface area contributed by atoms with Crippen LogP contribution in [-0.4, -0.2) is 33.7 Å². The van der Waals surface area contributed by atoms with Gasteiger partial charge >= 0.3 is 0 Å². The second-order valence-corrected chi connectivity index (χ2v) is 8.53. The first-order valence-electron chi connectivity index (χ1n) is 7.86. The third-order valence-corrected chi connectivity index (χ3v) is 6.07. The smallest absolute Gasteiger partial charge is 0.225 e. The van der Waals surface area contributed by atoms with Gasteiger partial charge in [0.2, 0.25) is 11.0 Å². The zero-order valence-corrected chi connectivity index (χ0v) is 17.1. The van der Waals surface area contributed by atoms with Crippen LogP contribution < -0.4 is 4.90 Å². The number of benzene rings is 1. The van der Waals surface area contributed by atoms with E-state index in [1.165, 1.54) is 11.3 Å². The van der Waals surface area contributed by atoms with E-state index in [1.807, 2.05) is 24.1 Å². The first kappa shape index (κ1) is 18.8. The van der Waals surface area contributed by atoms with Gasteiger partial charge < -0.3 is 0 Å². The summed E-state index contributed by atoms with van der Waals surface area (Å²) < 4.78 is 2.39. The van der Waals surface area contributed by atoms with Crippen molar-refractivity contribution in [1.82, 2.24) is 14.7 Å². The highest BCUT2D eigenvalue weighted by Gasteiger charge is 2.34. The largest absolute Gasteiger partial charge is 0.284 e. The van der Waals surface area contributed by atoms with E-state index >= 15 is 0 Å². The Hall–Kier alpha value is -0.990. The molecule has 0 aliphatic heterocycles. The average molecular weight is 417 g/mol. The predicted octanol–water partition coefficient (Wildman–Crippen LogP) is 4.59. The number of nitrogens with zero attached hydrogens (tertiary/aromatic N) is 4. The van der Waals surface area contributed by atoms with Crippen molar-refractivity contribution in [3.8, 4) is 0 Å². The molecular formula is C16H18Cl2N4OS2. The van der Waals surface area contributed by atoms with Gasteiger partial charge in [0.05, 0.1) is 16.7 Å². The van der Waals surface area contributed by atoms with Crippen molar-refractivity contribution >= 4 is 57.8 Å². The van der Waals surface area contributed by atoms with E-state index in [1.54, 1.807) is 22.6 Å². The number of carbonyl (C=O) groups is 1. The Kier molecular flexibility index (Phi) is 5.80. The molecule has 1 aliphatic carbocycles. The average Bonchev–Trinajstić information content (AvgIpc) is 3.29. The molecule has 1 fully saturated rings. The number of anilines is 1. The van der Waals surface area contributed by atoms with E-state index in [4.69, 9.17) is 35.4 Å². The van der Waals surface area contributed by atoms with Crippen molar-refractivity contribution in [3.63, 3.8) is 0 Å². The molecule has 0 atom stereocenters. The van der Waals surface area contributed by atoms with E-state index in [0.29, 0.717) is 32.3 Å². The van der Waals surface area contributed by atoms with Crippen molar-refractivity contribution < 1.29 is 4.79 Å². The number of aromatic nitrogens is 2. The molecule has 134 valence electrons. The summed E-state index contributed by atoms with van der Waals surface area (Å²) in [5, 5.41) is 6.33. The molecule has 0 N–H and O–H groups in total. The van der Waals surface area contributed by atoms with Gasteiger partial charge in [-0.3, -0.25) is 14.6 Å². The van der Waals surface area contributed by atoms with Crippen molar-refractivity contribution in [2.45, 2.75) is 39.0 Å². The molecule has 0 saturated heterocycles. The molecule has 1 heterocycles. The zero-order valence-electron chi connectivity index (χ0n) is 13.9. The molecule has 0 unspecified atom stereocenters. The minimum Gasteiger partial charge on any atom is -0.284 e. The topological polar surface area (TPSA) is 41.4 Å². The Labute approximate surface area is 165 Å². The summed E-state index contributed by atoms with van der Waals surface area (Å²) >= 11 is 19.1. The van der Waals surface area contributed by atoms with Gasteiger partial charge in [0, 0.05) is 19.5 Å². The fraction of sp³-hybridized carbons (Fsp3) is 0.438. The van der Waals surface area contributed by atoms with E-state index in [-0.39, 0.29) is 11.9 Å². The van der Waals surface area contributed by atoms with Crippen LogP contribution in [0.2, 0.25) is 10.0 Å². The summed E-state index contributed by atoms with van der Waals surface area (Å²) in [5.41, 5.74) is 0.946. The number of carbonyl (C=O) groups excluding carboxylic acids is 1. The van der Waals surface area contributed by atoms with Crippen LogP contribution in [0.3, 0.4) is 0 Å². The molecule has 1 aromatic heterocycles. The molecule has 3 rings (SSSR count). The molecule has 2 aromatic rings. The minimum atomic E-state index is 0.0115. The summed E-state index contributed by atoms with van der Waals surface area (Å²) in [6.45, 7) is 2.70. The van der Waals surface area contributed by atoms with Crippen LogP contribution in [0.4, 0.5) is 5.13 Å². The van der Waals surface area contributed by atoms with Gasteiger partial charge in [0.1, 0.15) is 0 Å². The number of halogens is 2. The van der Waals surface area contributed by atoms with Crippen LogP contribution in [0, 0.1) is 3.95 Å². The minimum absolute atomic E-state index is 0.0115. The monoisotopic (exact) mass is 416 g/mol. The lowest BCUT2D eigenvalue weighted by Gasteiger charge is -2.18. The van der Waals surface area contributed by atoms with Crippen molar-refractivity contribution in [2.24, 2.45) is 0 Å². The summed E-state index contributed by atoms with van der Waals surface area (Å²) in [4.78, 5) is 15.7. The summed E-state index contributed by atoms with van der Waals surface area (Å²) in [6.07, 6.45) is 2.05. The van der Waals surface area contributed by atoms with Crippen LogP contribution in [0.5, 0.6) is 0 Å². The number of hydrogen-bond donors (Lipinski definition) is 0. The van der Waals surface area contributed by atoms with Gasteiger partial charge in [-0.25, -0.2) is 4.68 Å². The van der Waals surface area contributed by atoms with Gasteiger partial charge in [-0.2, -0.15) is 0 Å². The summed E-state index contributed by atoms with van der Waals surface area (Å²) in [6, 6.07) is 5.87. The highest BCUT2D eigenvalue weighted by molar-refractivity contribution is 7.73. The Morgan fingerprint density at radius 1 is 1.44 bits per heavy atom. The molecule has 1 aromatic carbocycles. The maximum Gasteiger partial charge on any atom is 0.225 e. The fourth-order valence-electron chi connectivity index (χ4n) is 2.60. The van der Waals surface area contributed by atoms with Crippen LogP contribution >= 0.6 is 46.8 Å². The molecule has 1 saturated carbocycles. The summed E-state index contributed by atoms with van der Waals surface area (Å²) in [5.74, 6) is 0.0115. The van der Waals surface area contributed by atoms with E-state index in [0.717, 1.165) is 18.4 Å². The number of rotatable bonds is 6. The normalized spacial score (nSPS) is 14.1. The molecule has 5 nitrogen and oxygen atoms in total. The van der Waals surface area contributed by atoms with Crippen molar-refractivity contribution in [2.75, 3.05) is 11.9 Å². The Morgan fingerprint density at radius 3 is 2.80 bits per heavy atom. The van der Waals surface area contributed by atoms with E-state index < -0.39 is 0 Å². The van der Waals surface area contributed by atoms with E-state index in [2.05, 4.69) is 5.10 Å². The van der Waals surface area contributed by atoms with Crippen molar-refractivity contribution in [3.05, 3.63) is 37.8 Å². The predicted molar refractivity (Wildman–Crippen MR) is 105 cm³/mol. The highest BCUT2D eigenvalue weighted by atomic mass is 35.5. The maximum atomic E-state index is 11.9. The van der Waals surface area contributed by atoms with Crippen LogP contribution in [0.15, 0.2) is 18.2 Å². The SMILES string of the molecule is CC(=O)N(c1nn(CN(C)Cc2cccc(Cl)c2Cl)c(=S)s1)C1CC1. The first-order valence-corrected chi connectivity index (χ1v) is 9.84. The van der Waals surface area contributed by atoms with E-state index in [9.17, 15) is 4.79 Å². The lowest BCUT2D eigenvalue weighted by Crippen LogP contribution is -2.31. The Bertz CT molecular complexity index is 847. The fourth-order valence-corrected chi connectivity index (χ4v) is 4.18. The van der Waals surface area contributed by atoms with Gasteiger partial charge in [0.25, 0.3) is 0 Å². The second kappa shape index (κ2) is 7.72. The number of hydrogen-bond acceptors (Lipinski definition) is 5. The molecule has 9 heteroatoms. The molecule has 0 radical (unpaired) electrons. The molecule has 0 spiro atoms. The Morgan fingerprint density at radius 2 is 2.16 bits per heavy atom. The number of amides is 1. The zero-order chi connectivity index (χ0) is 18.1. The molecule has 1 aliphatic rings. The maximum absolute atomic E-state index is 11.9. The van der Waals surface area contributed by atoms with Gasteiger partial charge in [-0.15, -0.1) is 5.10 Å². The molecule has 1 amide bonds. The Balaban J connectivity index is 1.73. The van der Waals surface area contributed by atoms with Crippen LogP contribution in [0.1, 0.15) is 25.3 Å². The van der Waals surface area contributed by atoms with Gasteiger partial charge in [-0.05, 0) is 43.7 Å². The standard InChI is InChI=1S/C16H18Cl2N4OS2/c1-10(23)22(12-6-7-12)15-19-21(16(24)25-15)9-20(2)8-11-4-3-5-13(17)14(11)18/h3-5,12H,6-9H2,1-2H3. The van der Waals surface area contributed by atoms with Crippen molar-refractivity contribution in [1.29, 1.82) is 0 Å². The van der Waals surface area contributed by atoms with Gasteiger partial charge in [0.15, 0.2) is 3.95 Å². The first-order chi connectivity index (χ1) is 11.9. The third kappa shape index (κ3) is 4.41. The second-order valence-electron chi connectivity index (χ2n) is 6.14. The summed E-state index contributed by atoms with van der Waals surface area (Å²) in [7, 11) is 1.96. The van der Waals surface area contributed by atoms with Gasteiger partial charge in [-0.1, -0.05) is 46.7 Å². The third-order valence-electron chi connectivity index (χ3n) is 3.90. The molecule has 25 heavy (non-hydrogen) atoms. The molecule has 0 bridgehead atoms. The lowest BCUT2D eigenvalue weighted by atomic mass is 10.2. The quantitative estimate of drug-likeness (QED) is 0.645. The highest BCUT2D eigenvalue weighted by Crippen LogP contribution is 2.33. The lowest BCUT2D eigenvalue weighted by molar-refractivity contribution is -0.116. The molecular weight excluding hydrogens is 399 g/mol. The van der Waals surface area contributed by atoms with Crippen LogP contribution in [-0.2, 0) is 18.0 Å².